The summed E-state index contributed by atoms with van der Waals surface area (Å²) in [4.78, 5) is 18.3. The van der Waals surface area contributed by atoms with Crippen molar-refractivity contribution in [2.45, 2.75) is 31.5 Å². The summed E-state index contributed by atoms with van der Waals surface area (Å²) in [6.07, 6.45) is 4.07. The first-order valence-corrected chi connectivity index (χ1v) is 7.17. The Morgan fingerprint density at radius 3 is 3.15 bits per heavy atom. The molecule has 4 N–H and O–H groups in total. The maximum Gasteiger partial charge on any atom is 0.223 e. The number of hydrogen-bond donors (Lipinski definition) is 3. The molecular formula is C14H21N5O. The topological polar surface area (TPSA) is 83.3 Å². The first-order valence-electron chi connectivity index (χ1n) is 7.17. The van der Waals surface area contributed by atoms with Crippen molar-refractivity contribution in [3.8, 4) is 0 Å². The third-order valence-electron chi connectivity index (χ3n) is 4.31. The number of hydrogen-bond acceptors (Lipinski definition) is 5. The van der Waals surface area contributed by atoms with Gasteiger partial charge in [0.25, 0.3) is 0 Å². The molecule has 3 unspecified atom stereocenters. The van der Waals surface area contributed by atoms with Crippen molar-refractivity contribution in [2.24, 2.45) is 11.7 Å². The SMILES string of the molecule is NC(=O)C1CNNC1C1CCCN1Cc1ccccn1. The lowest BCUT2D eigenvalue weighted by Crippen LogP contribution is -2.50. The molecule has 1 aromatic heterocycles. The number of hydrazine groups is 1. The highest BCUT2D eigenvalue weighted by Gasteiger charge is 2.41. The number of carbonyl (C=O) groups excluding carboxylic acids is 1. The molecule has 2 aliphatic rings. The second-order valence-corrected chi connectivity index (χ2v) is 5.56. The molecule has 3 heterocycles. The molecule has 0 aliphatic carbocycles. The minimum Gasteiger partial charge on any atom is -0.369 e. The molecular weight excluding hydrogens is 254 g/mol. The predicted octanol–water partition coefficient (Wildman–Crippen LogP) is -0.376. The van der Waals surface area contributed by atoms with Crippen LogP contribution in [0.1, 0.15) is 18.5 Å². The summed E-state index contributed by atoms with van der Waals surface area (Å²) in [6, 6.07) is 6.41. The summed E-state index contributed by atoms with van der Waals surface area (Å²) in [5.74, 6) is -0.360. The van der Waals surface area contributed by atoms with Gasteiger partial charge in [-0.3, -0.25) is 25.5 Å². The van der Waals surface area contributed by atoms with Gasteiger partial charge in [-0.05, 0) is 31.5 Å². The average molecular weight is 275 g/mol. The zero-order valence-corrected chi connectivity index (χ0v) is 11.5. The van der Waals surface area contributed by atoms with Gasteiger partial charge in [0.1, 0.15) is 0 Å². The van der Waals surface area contributed by atoms with E-state index in [9.17, 15) is 4.79 Å². The average Bonchev–Trinajstić information content (AvgIpc) is 3.07. The summed E-state index contributed by atoms with van der Waals surface area (Å²) >= 11 is 0. The minimum absolute atomic E-state index is 0.0960. The van der Waals surface area contributed by atoms with Crippen molar-refractivity contribution in [2.75, 3.05) is 13.1 Å². The molecule has 0 saturated carbocycles. The Balaban J connectivity index is 1.71. The molecule has 2 aliphatic heterocycles. The van der Waals surface area contributed by atoms with E-state index in [1.807, 2.05) is 24.4 Å². The summed E-state index contributed by atoms with van der Waals surface area (Å²) in [6.45, 7) is 2.49. The standard InChI is InChI=1S/C14H21N5O/c15-14(20)11-8-17-18-13(11)12-5-3-7-19(12)9-10-4-1-2-6-16-10/h1-2,4,6,11-13,17-18H,3,5,7-9H2,(H2,15,20). The number of nitrogens with one attached hydrogen (secondary N) is 2. The van der Waals surface area contributed by atoms with Gasteiger partial charge in [-0.15, -0.1) is 0 Å². The summed E-state index contributed by atoms with van der Waals surface area (Å²) < 4.78 is 0. The Hall–Kier alpha value is -1.50. The number of nitrogens with zero attached hydrogens (tertiary/aromatic N) is 2. The molecule has 0 bridgehead atoms. The van der Waals surface area contributed by atoms with Crippen molar-refractivity contribution in [1.29, 1.82) is 0 Å². The quantitative estimate of drug-likeness (QED) is 0.698. The molecule has 2 saturated heterocycles. The van der Waals surface area contributed by atoms with Crippen LogP contribution in [0.15, 0.2) is 24.4 Å². The zero-order valence-electron chi connectivity index (χ0n) is 11.5. The van der Waals surface area contributed by atoms with E-state index in [4.69, 9.17) is 5.73 Å². The maximum atomic E-state index is 11.5. The Kier molecular flexibility index (Phi) is 3.95. The van der Waals surface area contributed by atoms with Gasteiger partial charge in [-0.1, -0.05) is 6.07 Å². The van der Waals surface area contributed by atoms with Crippen LogP contribution in [0.5, 0.6) is 0 Å². The fourth-order valence-electron chi connectivity index (χ4n) is 3.31. The van der Waals surface area contributed by atoms with Crippen molar-refractivity contribution in [1.82, 2.24) is 20.7 Å². The monoisotopic (exact) mass is 275 g/mol. The summed E-state index contributed by atoms with van der Waals surface area (Å²) in [5.41, 5.74) is 12.9. The van der Waals surface area contributed by atoms with Gasteiger partial charge in [0.2, 0.25) is 5.91 Å². The molecule has 108 valence electrons. The highest BCUT2D eigenvalue weighted by atomic mass is 16.1. The predicted molar refractivity (Wildman–Crippen MR) is 75.3 cm³/mol. The Labute approximate surface area is 118 Å². The lowest BCUT2D eigenvalue weighted by molar-refractivity contribution is -0.122. The molecule has 1 aromatic rings. The molecule has 0 aromatic carbocycles. The van der Waals surface area contributed by atoms with Gasteiger partial charge in [-0.2, -0.15) is 0 Å². The number of nitrogens with two attached hydrogens (primary N) is 1. The molecule has 0 radical (unpaired) electrons. The minimum atomic E-state index is -0.225. The number of primary amides is 1. The second kappa shape index (κ2) is 5.87. The molecule has 20 heavy (non-hydrogen) atoms. The van der Waals surface area contributed by atoms with Crippen molar-refractivity contribution in [3.63, 3.8) is 0 Å². The number of amides is 1. The van der Waals surface area contributed by atoms with Crippen LogP contribution in [-0.4, -0.2) is 41.0 Å². The normalized spacial score (nSPS) is 30.7. The van der Waals surface area contributed by atoms with E-state index in [-0.39, 0.29) is 17.9 Å². The number of rotatable bonds is 4. The van der Waals surface area contributed by atoms with Crippen LogP contribution in [0.25, 0.3) is 0 Å². The zero-order chi connectivity index (χ0) is 13.9. The third kappa shape index (κ3) is 2.67. The molecule has 3 atom stereocenters. The lowest BCUT2D eigenvalue weighted by atomic mass is 9.93. The van der Waals surface area contributed by atoms with E-state index < -0.39 is 0 Å². The third-order valence-corrected chi connectivity index (χ3v) is 4.31. The van der Waals surface area contributed by atoms with Crippen molar-refractivity contribution >= 4 is 5.91 Å². The van der Waals surface area contributed by atoms with E-state index >= 15 is 0 Å². The molecule has 2 fully saturated rings. The van der Waals surface area contributed by atoms with Gasteiger partial charge < -0.3 is 5.73 Å². The Bertz CT molecular complexity index is 466. The fourth-order valence-corrected chi connectivity index (χ4v) is 3.31. The maximum absolute atomic E-state index is 11.5. The largest absolute Gasteiger partial charge is 0.369 e. The number of aromatic nitrogens is 1. The van der Waals surface area contributed by atoms with Crippen LogP contribution >= 0.6 is 0 Å². The fraction of sp³-hybridized carbons (Fsp3) is 0.571. The van der Waals surface area contributed by atoms with Crippen LogP contribution in [0, 0.1) is 5.92 Å². The van der Waals surface area contributed by atoms with Crippen LogP contribution in [-0.2, 0) is 11.3 Å². The van der Waals surface area contributed by atoms with Gasteiger partial charge in [0.05, 0.1) is 11.6 Å². The molecule has 6 heteroatoms. The van der Waals surface area contributed by atoms with Crippen LogP contribution in [0.2, 0.25) is 0 Å². The van der Waals surface area contributed by atoms with E-state index in [1.54, 1.807) is 0 Å². The van der Waals surface area contributed by atoms with Crippen LogP contribution < -0.4 is 16.6 Å². The molecule has 6 nitrogen and oxygen atoms in total. The van der Waals surface area contributed by atoms with Crippen molar-refractivity contribution < 1.29 is 4.79 Å². The Morgan fingerprint density at radius 1 is 1.50 bits per heavy atom. The van der Waals surface area contributed by atoms with Gasteiger partial charge in [-0.25, -0.2) is 0 Å². The smallest absolute Gasteiger partial charge is 0.223 e. The number of pyridine rings is 1. The first kappa shape index (κ1) is 13.5. The van der Waals surface area contributed by atoms with E-state index in [0.717, 1.165) is 31.6 Å². The summed E-state index contributed by atoms with van der Waals surface area (Å²) in [5, 5.41) is 0. The lowest BCUT2D eigenvalue weighted by Gasteiger charge is -2.31. The Morgan fingerprint density at radius 2 is 2.40 bits per heavy atom. The highest BCUT2D eigenvalue weighted by molar-refractivity contribution is 5.78. The van der Waals surface area contributed by atoms with Gasteiger partial charge >= 0.3 is 0 Å². The van der Waals surface area contributed by atoms with Gasteiger partial charge in [0.15, 0.2) is 0 Å². The van der Waals surface area contributed by atoms with Crippen LogP contribution in [0.4, 0.5) is 0 Å². The number of likely N-dealkylation sites (tertiary alicyclic amines) is 1. The van der Waals surface area contributed by atoms with Crippen LogP contribution in [0.3, 0.4) is 0 Å². The van der Waals surface area contributed by atoms with E-state index in [2.05, 4.69) is 20.7 Å². The van der Waals surface area contributed by atoms with E-state index in [0.29, 0.717) is 12.6 Å². The highest BCUT2D eigenvalue weighted by Crippen LogP contribution is 2.26. The molecule has 0 spiro atoms. The first-order chi connectivity index (χ1) is 9.75. The second-order valence-electron chi connectivity index (χ2n) is 5.56. The molecule has 1 amide bonds. The van der Waals surface area contributed by atoms with Crippen molar-refractivity contribution in [3.05, 3.63) is 30.1 Å². The van der Waals surface area contributed by atoms with E-state index in [1.165, 1.54) is 0 Å². The van der Waals surface area contributed by atoms with Gasteiger partial charge in [0, 0.05) is 31.4 Å². The molecule has 3 rings (SSSR count). The summed E-state index contributed by atoms with van der Waals surface area (Å²) in [7, 11) is 0. The number of carbonyl (C=O) groups is 1.